The standard InChI is InChI=1S/C20H30N4O2/c1-15-6-3-4-10-24(15)19-13-23(14-19)11-9-20(26)22-18-8-5-7-17(12-18)21-16(2)25/h5,7-8,12,15,19H,3-4,6,9-11,13-14H2,1-2H3,(H,21,25)(H,22,26). The normalized spacial score (nSPS) is 21.8. The van der Waals surface area contributed by atoms with Gasteiger partial charge in [-0.25, -0.2) is 0 Å². The van der Waals surface area contributed by atoms with E-state index in [9.17, 15) is 9.59 Å². The maximum atomic E-state index is 12.2. The van der Waals surface area contributed by atoms with Crippen LogP contribution in [0.3, 0.4) is 0 Å². The van der Waals surface area contributed by atoms with Gasteiger partial charge in [-0.2, -0.15) is 0 Å². The van der Waals surface area contributed by atoms with E-state index in [2.05, 4.69) is 27.4 Å². The molecule has 6 nitrogen and oxygen atoms in total. The molecule has 2 heterocycles. The Hall–Kier alpha value is -1.92. The average Bonchev–Trinajstić information content (AvgIpc) is 2.54. The lowest BCUT2D eigenvalue weighted by Crippen LogP contribution is -2.62. The average molecular weight is 358 g/mol. The number of nitrogens with one attached hydrogen (secondary N) is 2. The Bertz CT molecular complexity index is 642. The van der Waals surface area contributed by atoms with Gasteiger partial charge < -0.3 is 10.6 Å². The number of rotatable bonds is 6. The minimum absolute atomic E-state index is 0.0137. The highest BCUT2D eigenvalue weighted by Gasteiger charge is 2.34. The number of amides is 2. The zero-order chi connectivity index (χ0) is 18.5. The van der Waals surface area contributed by atoms with Gasteiger partial charge in [-0.15, -0.1) is 0 Å². The van der Waals surface area contributed by atoms with Crippen molar-refractivity contribution in [2.75, 3.05) is 36.8 Å². The van der Waals surface area contributed by atoms with Gasteiger partial charge in [-0.1, -0.05) is 12.5 Å². The second-order valence-corrected chi connectivity index (χ2v) is 7.56. The number of anilines is 2. The zero-order valence-electron chi connectivity index (χ0n) is 15.8. The van der Waals surface area contributed by atoms with Crippen LogP contribution in [0.1, 0.15) is 39.5 Å². The molecule has 1 atom stereocenters. The van der Waals surface area contributed by atoms with Gasteiger partial charge in [-0.05, 0) is 44.5 Å². The van der Waals surface area contributed by atoms with Crippen LogP contribution in [0.25, 0.3) is 0 Å². The van der Waals surface area contributed by atoms with Gasteiger partial charge in [0.1, 0.15) is 0 Å². The second kappa shape index (κ2) is 8.64. The fourth-order valence-corrected chi connectivity index (χ4v) is 3.96. The van der Waals surface area contributed by atoms with E-state index < -0.39 is 0 Å². The Labute approximate surface area is 155 Å². The minimum atomic E-state index is -0.121. The predicted molar refractivity (Wildman–Crippen MR) is 104 cm³/mol. The summed E-state index contributed by atoms with van der Waals surface area (Å²) in [6.45, 7) is 7.99. The van der Waals surface area contributed by atoms with Crippen LogP contribution in [0.5, 0.6) is 0 Å². The SMILES string of the molecule is CC(=O)Nc1cccc(NC(=O)CCN2CC(N3CCCCC3C)C2)c1. The van der Waals surface area contributed by atoms with Crippen molar-refractivity contribution in [2.24, 2.45) is 0 Å². The lowest BCUT2D eigenvalue weighted by Gasteiger charge is -2.49. The Kier molecular flexibility index (Phi) is 6.27. The van der Waals surface area contributed by atoms with Gasteiger partial charge >= 0.3 is 0 Å². The molecule has 2 saturated heterocycles. The summed E-state index contributed by atoms with van der Waals surface area (Å²) < 4.78 is 0. The molecule has 0 spiro atoms. The van der Waals surface area contributed by atoms with Crippen LogP contribution in [-0.4, -0.2) is 59.9 Å². The molecule has 1 aromatic rings. The quantitative estimate of drug-likeness (QED) is 0.820. The van der Waals surface area contributed by atoms with Crippen LogP contribution < -0.4 is 10.6 Å². The van der Waals surface area contributed by atoms with Crippen LogP contribution in [-0.2, 0) is 9.59 Å². The smallest absolute Gasteiger partial charge is 0.225 e. The number of carbonyl (C=O) groups is 2. The van der Waals surface area contributed by atoms with Crippen molar-refractivity contribution in [3.63, 3.8) is 0 Å². The molecule has 0 saturated carbocycles. The number of nitrogens with zero attached hydrogens (tertiary/aromatic N) is 2. The molecule has 0 radical (unpaired) electrons. The van der Waals surface area contributed by atoms with E-state index in [-0.39, 0.29) is 11.8 Å². The Balaban J connectivity index is 1.38. The van der Waals surface area contributed by atoms with Crippen LogP contribution in [0.2, 0.25) is 0 Å². The second-order valence-electron chi connectivity index (χ2n) is 7.56. The molecule has 1 unspecified atom stereocenters. The summed E-state index contributed by atoms with van der Waals surface area (Å²) in [6.07, 6.45) is 4.49. The zero-order valence-corrected chi connectivity index (χ0v) is 15.8. The number of carbonyl (C=O) groups excluding carboxylic acids is 2. The largest absolute Gasteiger partial charge is 0.326 e. The third kappa shape index (κ3) is 5.05. The number of likely N-dealkylation sites (tertiary alicyclic amines) is 2. The Morgan fingerprint density at radius 3 is 2.58 bits per heavy atom. The van der Waals surface area contributed by atoms with Gasteiger partial charge in [0.15, 0.2) is 0 Å². The highest BCUT2D eigenvalue weighted by atomic mass is 16.2. The molecule has 2 aliphatic heterocycles. The molecule has 2 aliphatic rings. The third-order valence-electron chi connectivity index (χ3n) is 5.38. The van der Waals surface area contributed by atoms with Crippen LogP contribution >= 0.6 is 0 Å². The van der Waals surface area contributed by atoms with Crippen molar-refractivity contribution in [2.45, 2.75) is 51.6 Å². The fourth-order valence-electron chi connectivity index (χ4n) is 3.96. The van der Waals surface area contributed by atoms with Gasteiger partial charge in [0.25, 0.3) is 0 Å². The van der Waals surface area contributed by atoms with E-state index >= 15 is 0 Å². The molecule has 0 aliphatic carbocycles. The number of piperidine rings is 1. The van der Waals surface area contributed by atoms with Crippen molar-refractivity contribution in [1.82, 2.24) is 9.80 Å². The van der Waals surface area contributed by atoms with Crippen molar-refractivity contribution in [1.29, 1.82) is 0 Å². The topological polar surface area (TPSA) is 64.7 Å². The molecule has 6 heteroatoms. The van der Waals surface area contributed by atoms with Crippen LogP contribution in [0.4, 0.5) is 11.4 Å². The fraction of sp³-hybridized carbons (Fsp3) is 0.600. The monoisotopic (exact) mass is 358 g/mol. The number of benzene rings is 1. The maximum Gasteiger partial charge on any atom is 0.225 e. The Morgan fingerprint density at radius 2 is 1.88 bits per heavy atom. The summed E-state index contributed by atoms with van der Waals surface area (Å²) in [7, 11) is 0. The van der Waals surface area contributed by atoms with Gasteiger partial charge in [0.05, 0.1) is 0 Å². The van der Waals surface area contributed by atoms with E-state index in [4.69, 9.17) is 0 Å². The molecule has 0 aromatic heterocycles. The first-order chi connectivity index (χ1) is 12.5. The molecule has 0 bridgehead atoms. The summed E-state index contributed by atoms with van der Waals surface area (Å²) >= 11 is 0. The highest BCUT2D eigenvalue weighted by Crippen LogP contribution is 2.24. The summed E-state index contributed by atoms with van der Waals surface area (Å²) in [5.74, 6) is -0.108. The van der Waals surface area contributed by atoms with E-state index in [1.807, 2.05) is 12.1 Å². The molecule has 3 rings (SSSR count). The van der Waals surface area contributed by atoms with Gasteiger partial charge in [0, 0.05) is 56.4 Å². The van der Waals surface area contributed by atoms with Crippen molar-refractivity contribution in [3.8, 4) is 0 Å². The molecule has 26 heavy (non-hydrogen) atoms. The van der Waals surface area contributed by atoms with E-state index in [1.54, 1.807) is 12.1 Å². The Morgan fingerprint density at radius 1 is 1.15 bits per heavy atom. The van der Waals surface area contributed by atoms with E-state index in [0.29, 0.717) is 29.9 Å². The molecule has 2 amide bonds. The van der Waals surface area contributed by atoms with Crippen molar-refractivity contribution in [3.05, 3.63) is 24.3 Å². The maximum absolute atomic E-state index is 12.2. The lowest BCUT2D eigenvalue weighted by atomic mass is 9.97. The summed E-state index contributed by atoms with van der Waals surface area (Å²) in [6, 6.07) is 8.61. The van der Waals surface area contributed by atoms with Crippen molar-refractivity contribution < 1.29 is 9.59 Å². The summed E-state index contributed by atoms with van der Waals surface area (Å²) in [5, 5.41) is 5.64. The first kappa shape index (κ1) is 18.9. The van der Waals surface area contributed by atoms with E-state index in [1.165, 1.54) is 32.7 Å². The number of hydrogen-bond donors (Lipinski definition) is 2. The van der Waals surface area contributed by atoms with E-state index in [0.717, 1.165) is 19.6 Å². The first-order valence-corrected chi connectivity index (χ1v) is 9.67. The molecular formula is C20H30N4O2. The predicted octanol–water partition coefficient (Wildman–Crippen LogP) is 2.53. The van der Waals surface area contributed by atoms with Gasteiger partial charge in [0.2, 0.25) is 11.8 Å². The first-order valence-electron chi connectivity index (χ1n) is 9.67. The minimum Gasteiger partial charge on any atom is -0.326 e. The molecule has 2 fully saturated rings. The highest BCUT2D eigenvalue weighted by molar-refractivity contribution is 5.93. The lowest BCUT2D eigenvalue weighted by molar-refractivity contribution is -0.117. The van der Waals surface area contributed by atoms with Gasteiger partial charge in [-0.3, -0.25) is 19.4 Å². The molecule has 2 N–H and O–H groups in total. The molecular weight excluding hydrogens is 328 g/mol. The summed E-state index contributed by atoms with van der Waals surface area (Å²) in [5.41, 5.74) is 1.40. The van der Waals surface area contributed by atoms with Crippen LogP contribution in [0, 0.1) is 0 Å². The molecule has 142 valence electrons. The third-order valence-corrected chi connectivity index (χ3v) is 5.38. The van der Waals surface area contributed by atoms with Crippen LogP contribution in [0.15, 0.2) is 24.3 Å². The summed E-state index contributed by atoms with van der Waals surface area (Å²) in [4.78, 5) is 28.3. The van der Waals surface area contributed by atoms with Crippen molar-refractivity contribution >= 4 is 23.2 Å². The number of hydrogen-bond acceptors (Lipinski definition) is 4. The molecule has 1 aromatic carbocycles.